The number of nitriles is 1. The van der Waals surface area contributed by atoms with Crippen LogP contribution in [0.5, 0.6) is 0 Å². The number of nitrogens with zero attached hydrogens (tertiary/aromatic N) is 4. The number of hydrogen-bond acceptors (Lipinski definition) is 4. The average Bonchev–Trinajstić information content (AvgIpc) is 2.95. The van der Waals surface area contributed by atoms with Crippen molar-refractivity contribution in [2.24, 2.45) is 7.05 Å². The summed E-state index contributed by atoms with van der Waals surface area (Å²) in [5.74, 6) is 0.593. The van der Waals surface area contributed by atoms with Crippen molar-refractivity contribution in [2.75, 3.05) is 24.6 Å². The summed E-state index contributed by atoms with van der Waals surface area (Å²) in [6, 6.07) is 7.48. The van der Waals surface area contributed by atoms with Crippen molar-refractivity contribution < 1.29 is 17.9 Å². The van der Waals surface area contributed by atoms with Crippen molar-refractivity contribution in [3.8, 4) is 6.07 Å². The van der Waals surface area contributed by atoms with E-state index in [-0.39, 0.29) is 18.7 Å². The summed E-state index contributed by atoms with van der Waals surface area (Å²) >= 11 is 0. The standard InChI is InChI=1S/C16H15F3N4O/c1-22-15(11(8-20)9-21-22)23-6-7-24-14(10-23)12-4-2-3-5-13(12)16(17,18)19/h2-5,9,14H,6-7,10H2,1H3. The van der Waals surface area contributed by atoms with Gasteiger partial charge in [-0.15, -0.1) is 0 Å². The number of ether oxygens (including phenoxy) is 1. The number of aryl methyl sites for hydroxylation is 1. The van der Waals surface area contributed by atoms with Gasteiger partial charge in [-0.2, -0.15) is 23.5 Å². The predicted molar refractivity (Wildman–Crippen MR) is 80.3 cm³/mol. The van der Waals surface area contributed by atoms with Crippen LogP contribution in [-0.2, 0) is 18.0 Å². The Morgan fingerprint density at radius 2 is 2.08 bits per heavy atom. The Morgan fingerprint density at radius 1 is 1.33 bits per heavy atom. The summed E-state index contributed by atoms with van der Waals surface area (Å²) < 4.78 is 46.8. The Bertz CT molecular complexity index is 778. The lowest BCUT2D eigenvalue weighted by Crippen LogP contribution is -2.40. The second-order valence-corrected chi connectivity index (χ2v) is 5.51. The van der Waals surface area contributed by atoms with Gasteiger partial charge >= 0.3 is 6.18 Å². The lowest BCUT2D eigenvalue weighted by Gasteiger charge is -2.35. The third kappa shape index (κ3) is 2.95. The SMILES string of the molecule is Cn1ncc(C#N)c1N1CCOC(c2ccccc2C(F)(F)F)C1. The van der Waals surface area contributed by atoms with Gasteiger partial charge in [0.15, 0.2) is 0 Å². The van der Waals surface area contributed by atoms with Gasteiger partial charge in [0.2, 0.25) is 0 Å². The average molecular weight is 336 g/mol. The molecule has 1 aromatic heterocycles. The number of rotatable bonds is 2. The maximum atomic E-state index is 13.2. The van der Waals surface area contributed by atoms with Crippen LogP contribution in [0.25, 0.3) is 0 Å². The first-order valence-corrected chi connectivity index (χ1v) is 7.36. The highest BCUT2D eigenvalue weighted by molar-refractivity contribution is 5.54. The number of hydrogen-bond donors (Lipinski definition) is 0. The molecular weight excluding hydrogens is 321 g/mol. The van der Waals surface area contributed by atoms with E-state index in [1.807, 2.05) is 4.90 Å². The lowest BCUT2D eigenvalue weighted by atomic mass is 10.0. The van der Waals surface area contributed by atoms with Crippen LogP contribution in [0.3, 0.4) is 0 Å². The Morgan fingerprint density at radius 3 is 2.79 bits per heavy atom. The zero-order valence-corrected chi connectivity index (χ0v) is 12.9. The Balaban J connectivity index is 1.93. The van der Waals surface area contributed by atoms with Gasteiger partial charge < -0.3 is 9.64 Å². The maximum absolute atomic E-state index is 13.2. The fraction of sp³-hybridized carbons (Fsp3) is 0.375. The minimum Gasteiger partial charge on any atom is -0.370 e. The van der Waals surface area contributed by atoms with Gasteiger partial charge in [-0.05, 0) is 11.6 Å². The summed E-state index contributed by atoms with van der Waals surface area (Å²) in [6.45, 7) is 0.979. The van der Waals surface area contributed by atoms with Gasteiger partial charge in [-0.3, -0.25) is 4.68 Å². The number of aromatic nitrogens is 2. The second-order valence-electron chi connectivity index (χ2n) is 5.51. The van der Waals surface area contributed by atoms with Gasteiger partial charge in [0.25, 0.3) is 0 Å². The van der Waals surface area contributed by atoms with Crippen LogP contribution in [0, 0.1) is 11.3 Å². The smallest absolute Gasteiger partial charge is 0.370 e. The maximum Gasteiger partial charge on any atom is 0.416 e. The number of anilines is 1. The van der Waals surface area contributed by atoms with Gasteiger partial charge in [0, 0.05) is 20.1 Å². The third-order valence-electron chi connectivity index (χ3n) is 4.01. The summed E-state index contributed by atoms with van der Waals surface area (Å²) in [6.07, 6.45) is -3.71. The largest absolute Gasteiger partial charge is 0.416 e. The monoisotopic (exact) mass is 336 g/mol. The second kappa shape index (κ2) is 6.17. The van der Waals surface area contributed by atoms with Gasteiger partial charge in [-0.1, -0.05) is 18.2 Å². The minimum atomic E-state index is -4.44. The highest BCUT2D eigenvalue weighted by Crippen LogP contribution is 2.37. The van der Waals surface area contributed by atoms with Crippen LogP contribution in [0.1, 0.15) is 22.8 Å². The fourth-order valence-electron chi connectivity index (χ4n) is 2.95. The van der Waals surface area contributed by atoms with Crippen molar-refractivity contribution in [2.45, 2.75) is 12.3 Å². The first kappa shape index (κ1) is 16.3. The molecule has 1 aliphatic rings. The van der Waals surface area contributed by atoms with E-state index < -0.39 is 17.8 Å². The van der Waals surface area contributed by atoms with Crippen LogP contribution >= 0.6 is 0 Å². The van der Waals surface area contributed by atoms with Crippen LogP contribution in [0.4, 0.5) is 19.0 Å². The van der Waals surface area contributed by atoms with Gasteiger partial charge in [-0.25, -0.2) is 0 Å². The Kier molecular flexibility index (Phi) is 4.20. The Hall–Kier alpha value is -2.53. The molecule has 8 heteroatoms. The third-order valence-corrected chi connectivity index (χ3v) is 4.01. The number of morpholine rings is 1. The van der Waals surface area contributed by atoms with Crippen LogP contribution in [-0.4, -0.2) is 29.5 Å². The first-order chi connectivity index (χ1) is 11.4. The molecule has 0 spiro atoms. The molecule has 1 fully saturated rings. The normalized spacial score (nSPS) is 18.5. The summed E-state index contributed by atoms with van der Waals surface area (Å²) in [7, 11) is 1.70. The topological polar surface area (TPSA) is 54.1 Å². The predicted octanol–water partition coefficient (Wildman–Crippen LogP) is 2.89. The van der Waals surface area contributed by atoms with Crippen molar-refractivity contribution in [1.29, 1.82) is 5.26 Å². The number of halogens is 3. The molecule has 5 nitrogen and oxygen atoms in total. The zero-order valence-electron chi connectivity index (χ0n) is 12.9. The van der Waals surface area contributed by atoms with Crippen LogP contribution in [0.15, 0.2) is 30.5 Å². The van der Waals surface area contributed by atoms with Crippen LogP contribution in [0.2, 0.25) is 0 Å². The fourth-order valence-corrected chi connectivity index (χ4v) is 2.95. The minimum absolute atomic E-state index is 0.107. The molecule has 1 saturated heterocycles. The van der Waals surface area contributed by atoms with Crippen molar-refractivity contribution in [3.05, 3.63) is 47.2 Å². The van der Waals surface area contributed by atoms with Gasteiger partial charge in [0.05, 0.1) is 18.4 Å². The molecule has 2 heterocycles. The van der Waals surface area contributed by atoms with Crippen molar-refractivity contribution in [3.63, 3.8) is 0 Å². The molecule has 0 saturated carbocycles. The molecule has 0 radical (unpaired) electrons. The molecule has 1 aliphatic heterocycles. The molecule has 3 rings (SSSR count). The molecule has 2 aromatic rings. The van der Waals surface area contributed by atoms with E-state index in [9.17, 15) is 18.4 Å². The molecular formula is C16H15F3N4O. The summed E-state index contributed by atoms with van der Waals surface area (Å²) in [5.41, 5.74) is -0.194. The molecule has 1 unspecified atom stereocenters. The van der Waals surface area contributed by atoms with E-state index >= 15 is 0 Å². The highest BCUT2D eigenvalue weighted by atomic mass is 19.4. The number of alkyl halides is 3. The van der Waals surface area contributed by atoms with Crippen LogP contribution < -0.4 is 4.90 Å². The van der Waals surface area contributed by atoms with E-state index in [1.165, 1.54) is 18.3 Å². The lowest BCUT2D eigenvalue weighted by molar-refractivity contribution is -0.139. The van der Waals surface area contributed by atoms with E-state index in [2.05, 4.69) is 11.2 Å². The molecule has 0 aliphatic carbocycles. The zero-order chi connectivity index (χ0) is 17.3. The molecule has 24 heavy (non-hydrogen) atoms. The highest BCUT2D eigenvalue weighted by Gasteiger charge is 2.37. The molecule has 0 amide bonds. The Labute approximate surface area is 136 Å². The molecule has 1 aromatic carbocycles. The molecule has 0 N–H and O–H groups in total. The first-order valence-electron chi connectivity index (χ1n) is 7.36. The van der Waals surface area contributed by atoms with E-state index in [0.29, 0.717) is 17.9 Å². The van der Waals surface area contributed by atoms with Gasteiger partial charge in [0.1, 0.15) is 23.6 Å². The quantitative estimate of drug-likeness (QED) is 0.846. The summed E-state index contributed by atoms with van der Waals surface area (Å²) in [4.78, 5) is 1.84. The van der Waals surface area contributed by atoms with E-state index in [0.717, 1.165) is 6.07 Å². The molecule has 1 atom stereocenters. The van der Waals surface area contributed by atoms with E-state index in [1.54, 1.807) is 17.8 Å². The number of benzene rings is 1. The van der Waals surface area contributed by atoms with E-state index in [4.69, 9.17) is 4.74 Å². The summed E-state index contributed by atoms with van der Waals surface area (Å²) in [5, 5.41) is 13.2. The van der Waals surface area contributed by atoms with Crippen molar-refractivity contribution >= 4 is 5.82 Å². The molecule has 126 valence electrons. The van der Waals surface area contributed by atoms with Crippen molar-refractivity contribution in [1.82, 2.24) is 9.78 Å². The molecule has 0 bridgehead atoms.